The lowest BCUT2D eigenvalue weighted by Crippen LogP contribution is -2.29. The van der Waals surface area contributed by atoms with E-state index < -0.39 is 0 Å². The molecule has 0 saturated heterocycles. The summed E-state index contributed by atoms with van der Waals surface area (Å²) in [6.45, 7) is 3.03. The molecule has 4 heteroatoms. The van der Waals surface area contributed by atoms with Gasteiger partial charge in [-0.15, -0.1) is 0 Å². The summed E-state index contributed by atoms with van der Waals surface area (Å²) < 4.78 is 0. The lowest BCUT2D eigenvalue weighted by molar-refractivity contribution is -0.129. The highest BCUT2D eigenvalue weighted by Crippen LogP contribution is 2.30. The van der Waals surface area contributed by atoms with Gasteiger partial charge in [-0.3, -0.25) is 9.78 Å². The van der Waals surface area contributed by atoms with Crippen LogP contribution in [0, 0.1) is 0 Å². The predicted molar refractivity (Wildman–Crippen MR) is 137 cm³/mol. The van der Waals surface area contributed by atoms with Crippen LogP contribution in [0.25, 0.3) is 32.9 Å². The molecule has 2 heterocycles. The van der Waals surface area contributed by atoms with E-state index in [0.29, 0.717) is 0 Å². The second kappa shape index (κ2) is 11.0. The average molecular weight is 440 g/mol. The Bertz CT molecular complexity index is 1220. The maximum absolute atomic E-state index is 13.1. The standard InChI is InChI=1S/C29H33N3O/c1-3-4-5-6-7-11-19-32(2)27(33)21-26-25(22-13-9-8-10-14-22)20-24-17-16-23-15-12-18-30-28(23)29(24)31-26/h8-10,12-18,20H,3-7,11,19,21H2,1-2H3. The Morgan fingerprint density at radius 3 is 2.42 bits per heavy atom. The van der Waals surface area contributed by atoms with E-state index in [1.807, 2.05) is 42.3 Å². The fourth-order valence-corrected chi connectivity index (χ4v) is 4.35. The van der Waals surface area contributed by atoms with Gasteiger partial charge in [0.25, 0.3) is 0 Å². The summed E-state index contributed by atoms with van der Waals surface area (Å²) in [7, 11) is 1.91. The zero-order valence-electron chi connectivity index (χ0n) is 19.8. The predicted octanol–water partition coefficient (Wildman–Crippen LogP) is 6.81. The van der Waals surface area contributed by atoms with Crippen molar-refractivity contribution < 1.29 is 4.79 Å². The first-order valence-electron chi connectivity index (χ1n) is 12.1. The van der Waals surface area contributed by atoms with Crippen LogP contribution in [0.4, 0.5) is 0 Å². The van der Waals surface area contributed by atoms with Crippen molar-refractivity contribution in [2.45, 2.75) is 51.9 Å². The molecule has 0 aliphatic heterocycles. The first-order valence-corrected chi connectivity index (χ1v) is 12.1. The van der Waals surface area contributed by atoms with Crippen molar-refractivity contribution in [3.8, 4) is 11.1 Å². The summed E-state index contributed by atoms with van der Waals surface area (Å²) in [5, 5.41) is 2.10. The summed E-state index contributed by atoms with van der Waals surface area (Å²) in [5.41, 5.74) is 4.64. The van der Waals surface area contributed by atoms with Crippen LogP contribution >= 0.6 is 0 Å². The van der Waals surface area contributed by atoms with E-state index >= 15 is 0 Å². The Labute approximate surface area is 196 Å². The molecule has 0 unspecified atom stereocenters. The van der Waals surface area contributed by atoms with Crippen LogP contribution in [0.1, 0.15) is 51.1 Å². The number of rotatable bonds is 10. The molecular formula is C29H33N3O. The number of benzene rings is 2. The third kappa shape index (κ3) is 5.57. The summed E-state index contributed by atoms with van der Waals surface area (Å²) in [6.07, 6.45) is 9.41. The van der Waals surface area contributed by atoms with Crippen LogP contribution in [0.2, 0.25) is 0 Å². The van der Waals surface area contributed by atoms with Gasteiger partial charge in [-0.05, 0) is 24.1 Å². The quantitative estimate of drug-likeness (QED) is 0.201. The number of hydrogen-bond acceptors (Lipinski definition) is 3. The maximum atomic E-state index is 13.1. The van der Waals surface area contributed by atoms with Gasteiger partial charge in [0.2, 0.25) is 5.91 Å². The minimum Gasteiger partial charge on any atom is -0.345 e. The summed E-state index contributed by atoms with van der Waals surface area (Å²) in [5.74, 6) is 0.112. The molecule has 0 N–H and O–H groups in total. The van der Waals surface area contributed by atoms with Crippen LogP contribution in [0.3, 0.4) is 0 Å². The number of pyridine rings is 2. The molecular weight excluding hydrogens is 406 g/mol. The molecule has 4 rings (SSSR count). The number of fused-ring (bicyclic) bond motifs is 3. The molecule has 2 aromatic carbocycles. The Morgan fingerprint density at radius 2 is 1.61 bits per heavy atom. The van der Waals surface area contributed by atoms with E-state index in [2.05, 4.69) is 42.2 Å². The number of nitrogens with zero attached hydrogens (tertiary/aromatic N) is 3. The third-order valence-corrected chi connectivity index (χ3v) is 6.31. The highest BCUT2D eigenvalue weighted by atomic mass is 16.2. The molecule has 170 valence electrons. The zero-order chi connectivity index (χ0) is 23.0. The Hall–Kier alpha value is -3.27. The molecule has 33 heavy (non-hydrogen) atoms. The van der Waals surface area contributed by atoms with Gasteiger partial charge >= 0.3 is 0 Å². The fourth-order valence-electron chi connectivity index (χ4n) is 4.35. The van der Waals surface area contributed by atoms with Crippen molar-refractivity contribution in [2.75, 3.05) is 13.6 Å². The number of likely N-dealkylation sites (N-methyl/N-ethyl adjacent to an activating group) is 1. The summed E-state index contributed by atoms with van der Waals surface area (Å²) >= 11 is 0. The normalized spacial score (nSPS) is 11.2. The van der Waals surface area contributed by atoms with E-state index in [1.165, 1.54) is 32.1 Å². The highest BCUT2D eigenvalue weighted by molar-refractivity contribution is 6.04. The van der Waals surface area contributed by atoms with Crippen LogP contribution in [0.15, 0.2) is 66.9 Å². The molecule has 0 saturated carbocycles. The molecule has 0 radical (unpaired) electrons. The number of aromatic nitrogens is 2. The van der Waals surface area contributed by atoms with Gasteiger partial charge in [0.1, 0.15) is 0 Å². The first-order chi connectivity index (χ1) is 16.2. The van der Waals surface area contributed by atoms with Gasteiger partial charge in [-0.1, -0.05) is 87.6 Å². The van der Waals surface area contributed by atoms with Crippen LogP contribution in [0.5, 0.6) is 0 Å². The van der Waals surface area contributed by atoms with Gasteiger partial charge < -0.3 is 4.90 Å². The molecule has 4 aromatic rings. The van der Waals surface area contributed by atoms with E-state index in [0.717, 1.165) is 51.6 Å². The Kier molecular flexibility index (Phi) is 7.66. The number of unbranched alkanes of at least 4 members (excludes halogenated alkanes) is 5. The van der Waals surface area contributed by atoms with Crippen molar-refractivity contribution >= 4 is 27.7 Å². The average Bonchev–Trinajstić information content (AvgIpc) is 2.86. The molecule has 0 aliphatic rings. The molecule has 1 amide bonds. The second-order valence-corrected chi connectivity index (χ2v) is 8.82. The van der Waals surface area contributed by atoms with Crippen molar-refractivity contribution in [3.63, 3.8) is 0 Å². The molecule has 4 nitrogen and oxygen atoms in total. The maximum Gasteiger partial charge on any atom is 0.228 e. The summed E-state index contributed by atoms with van der Waals surface area (Å²) in [4.78, 5) is 24.6. The number of hydrogen-bond donors (Lipinski definition) is 0. The lowest BCUT2D eigenvalue weighted by atomic mass is 9.98. The Balaban J connectivity index is 1.60. The fraction of sp³-hybridized carbons (Fsp3) is 0.345. The first kappa shape index (κ1) is 22.9. The van der Waals surface area contributed by atoms with Crippen LogP contribution in [-0.4, -0.2) is 34.4 Å². The van der Waals surface area contributed by atoms with E-state index in [1.54, 1.807) is 6.20 Å². The number of amides is 1. The Morgan fingerprint density at radius 1 is 0.848 bits per heavy atom. The lowest BCUT2D eigenvalue weighted by Gasteiger charge is -2.18. The van der Waals surface area contributed by atoms with Gasteiger partial charge in [0.05, 0.1) is 23.1 Å². The molecule has 0 atom stereocenters. The smallest absolute Gasteiger partial charge is 0.228 e. The van der Waals surface area contributed by atoms with E-state index in [-0.39, 0.29) is 12.3 Å². The van der Waals surface area contributed by atoms with Gasteiger partial charge in [0, 0.05) is 36.1 Å². The monoisotopic (exact) mass is 439 g/mol. The SMILES string of the molecule is CCCCCCCCN(C)C(=O)Cc1nc2c(ccc3cccnc32)cc1-c1ccccc1. The van der Waals surface area contributed by atoms with Gasteiger partial charge in [-0.2, -0.15) is 0 Å². The van der Waals surface area contributed by atoms with Gasteiger partial charge in [-0.25, -0.2) is 4.98 Å². The molecule has 0 aliphatic carbocycles. The highest BCUT2D eigenvalue weighted by Gasteiger charge is 2.17. The van der Waals surface area contributed by atoms with Crippen molar-refractivity contribution in [1.29, 1.82) is 0 Å². The largest absolute Gasteiger partial charge is 0.345 e. The number of carbonyl (C=O) groups excluding carboxylic acids is 1. The summed E-state index contributed by atoms with van der Waals surface area (Å²) in [6, 6.07) is 20.5. The molecule has 0 fully saturated rings. The van der Waals surface area contributed by atoms with Crippen LogP contribution < -0.4 is 0 Å². The molecule has 0 spiro atoms. The van der Waals surface area contributed by atoms with Crippen molar-refractivity contribution in [2.24, 2.45) is 0 Å². The topological polar surface area (TPSA) is 46.1 Å². The van der Waals surface area contributed by atoms with Gasteiger partial charge in [0.15, 0.2) is 0 Å². The minimum atomic E-state index is 0.112. The molecule has 0 bridgehead atoms. The van der Waals surface area contributed by atoms with Crippen LogP contribution in [-0.2, 0) is 11.2 Å². The third-order valence-electron chi connectivity index (χ3n) is 6.31. The molecule has 2 aromatic heterocycles. The van der Waals surface area contributed by atoms with Crippen molar-refractivity contribution in [1.82, 2.24) is 14.9 Å². The van der Waals surface area contributed by atoms with E-state index in [4.69, 9.17) is 4.98 Å². The second-order valence-electron chi connectivity index (χ2n) is 8.82. The minimum absolute atomic E-state index is 0.112. The van der Waals surface area contributed by atoms with E-state index in [9.17, 15) is 4.79 Å². The zero-order valence-corrected chi connectivity index (χ0v) is 19.8. The number of carbonyl (C=O) groups is 1. The van der Waals surface area contributed by atoms with Crippen molar-refractivity contribution in [3.05, 3.63) is 72.6 Å².